The van der Waals surface area contributed by atoms with Crippen LogP contribution in [0, 0.1) is 0 Å². The molecule has 0 aliphatic rings. The van der Waals surface area contributed by atoms with Crippen LogP contribution in [0.25, 0.3) is 11.3 Å². The molecule has 25 heavy (non-hydrogen) atoms. The Hall–Kier alpha value is -3.28. The highest BCUT2D eigenvalue weighted by molar-refractivity contribution is 5.75. The Balaban J connectivity index is 1.63. The van der Waals surface area contributed by atoms with Crippen LogP contribution in [-0.2, 0) is 4.79 Å². The summed E-state index contributed by atoms with van der Waals surface area (Å²) in [4.78, 5) is 15.1. The van der Waals surface area contributed by atoms with Crippen molar-refractivity contribution >= 4 is 11.6 Å². The largest absolute Gasteiger partial charge is 0.484 e. The minimum atomic E-state index is -0.506. The minimum Gasteiger partial charge on any atom is -0.484 e. The molecule has 0 saturated carbocycles. The van der Waals surface area contributed by atoms with Crippen molar-refractivity contribution in [1.82, 2.24) is 4.98 Å². The highest BCUT2D eigenvalue weighted by Crippen LogP contribution is 2.25. The lowest BCUT2D eigenvalue weighted by atomic mass is 10.2. The molecular formula is C19H19N3O3. The van der Waals surface area contributed by atoms with Gasteiger partial charge in [-0.05, 0) is 31.2 Å². The van der Waals surface area contributed by atoms with E-state index in [2.05, 4.69) is 10.3 Å². The summed E-state index contributed by atoms with van der Waals surface area (Å²) in [5.41, 5.74) is 6.93. The predicted octanol–water partition coefficient (Wildman–Crippen LogP) is 3.38. The lowest BCUT2D eigenvalue weighted by Crippen LogP contribution is -2.19. The third-order valence-electron chi connectivity index (χ3n) is 3.57. The van der Waals surface area contributed by atoms with Crippen molar-refractivity contribution in [3.05, 3.63) is 66.7 Å². The van der Waals surface area contributed by atoms with E-state index in [1.807, 2.05) is 49.4 Å². The van der Waals surface area contributed by atoms with Crippen LogP contribution in [0.1, 0.15) is 18.9 Å². The number of rotatable bonds is 7. The summed E-state index contributed by atoms with van der Waals surface area (Å²) < 4.78 is 11.1. The SMILES string of the molecule is C[C@@H](Nc1ccc(OCC(N)=O)cc1)c1ncc(-c2ccccc2)o1. The van der Waals surface area contributed by atoms with Crippen LogP contribution in [0.4, 0.5) is 5.69 Å². The fraction of sp³-hybridized carbons (Fsp3) is 0.158. The standard InChI is InChI=1S/C19H19N3O3/c1-13(19-21-11-17(25-19)14-5-3-2-4-6-14)22-15-7-9-16(10-8-15)24-12-18(20)23/h2-11,13,22H,12H2,1H3,(H2,20,23)/t13-/m1/s1. The smallest absolute Gasteiger partial charge is 0.255 e. The van der Waals surface area contributed by atoms with Crippen molar-refractivity contribution in [3.8, 4) is 17.1 Å². The zero-order valence-corrected chi connectivity index (χ0v) is 13.8. The molecule has 6 nitrogen and oxygen atoms in total. The molecule has 0 aliphatic carbocycles. The van der Waals surface area contributed by atoms with Gasteiger partial charge < -0.3 is 20.2 Å². The summed E-state index contributed by atoms with van der Waals surface area (Å²) >= 11 is 0. The maximum absolute atomic E-state index is 10.7. The molecule has 3 rings (SSSR count). The molecule has 0 bridgehead atoms. The molecule has 2 aromatic carbocycles. The number of hydrogen-bond donors (Lipinski definition) is 2. The number of nitrogens with one attached hydrogen (secondary N) is 1. The van der Waals surface area contributed by atoms with Gasteiger partial charge >= 0.3 is 0 Å². The van der Waals surface area contributed by atoms with Gasteiger partial charge in [0.1, 0.15) is 11.8 Å². The molecule has 1 aromatic heterocycles. The number of benzene rings is 2. The van der Waals surface area contributed by atoms with Crippen LogP contribution >= 0.6 is 0 Å². The first-order valence-corrected chi connectivity index (χ1v) is 7.90. The van der Waals surface area contributed by atoms with Crippen LogP contribution in [0.15, 0.2) is 65.2 Å². The number of nitrogens with zero attached hydrogens (tertiary/aromatic N) is 1. The van der Waals surface area contributed by atoms with Gasteiger partial charge in [0.15, 0.2) is 12.4 Å². The topological polar surface area (TPSA) is 90.4 Å². The molecular weight excluding hydrogens is 318 g/mol. The first kappa shape index (κ1) is 16.6. The molecule has 128 valence electrons. The molecule has 1 atom stereocenters. The van der Waals surface area contributed by atoms with Gasteiger partial charge in [-0.3, -0.25) is 4.79 Å². The average Bonchev–Trinajstić information content (AvgIpc) is 3.12. The third kappa shape index (κ3) is 4.38. The maximum Gasteiger partial charge on any atom is 0.255 e. The van der Waals surface area contributed by atoms with E-state index in [1.54, 1.807) is 18.3 Å². The number of oxazole rings is 1. The Morgan fingerprint density at radius 3 is 2.60 bits per heavy atom. The Labute approximate surface area is 145 Å². The van der Waals surface area contributed by atoms with E-state index in [4.69, 9.17) is 14.9 Å². The summed E-state index contributed by atoms with van der Waals surface area (Å²) in [5.74, 6) is 1.42. The van der Waals surface area contributed by atoms with Crippen molar-refractivity contribution in [1.29, 1.82) is 0 Å². The van der Waals surface area contributed by atoms with E-state index < -0.39 is 5.91 Å². The third-order valence-corrected chi connectivity index (χ3v) is 3.57. The molecule has 3 aromatic rings. The van der Waals surface area contributed by atoms with E-state index in [-0.39, 0.29) is 12.6 Å². The molecule has 0 spiro atoms. The zero-order valence-electron chi connectivity index (χ0n) is 13.8. The lowest BCUT2D eigenvalue weighted by molar-refractivity contribution is -0.119. The number of ether oxygens (including phenoxy) is 1. The molecule has 1 amide bonds. The van der Waals surface area contributed by atoms with Gasteiger partial charge in [0.25, 0.3) is 5.91 Å². The second-order valence-electron chi connectivity index (χ2n) is 5.57. The van der Waals surface area contributed by atoms with Crippen LogP contribution in [0.3, 0.4) is 0 Å². The Bertz CT molecular complexity index is 829. The number of hydrogen-bond acceptors (Lipinski definition) is 5. The average molecular weight is 337 g/mol. The van der Waals surface area contributed by atoms with Crippen LogP contribution in [-0.4, -0.2) is 17.5 Å². The maximum atomic E-state index is 10.7. The van der Waals surface area contributed by atoms with E-state index in [1.165, 1.54) is 0 Å². The summed E-state index contributed by atoms with van der Waals surface area (Å²) in [6.07, 6.45) is 1.73. The number of carbonyl (C=O) groups is 1. The first-order valence-electron chi connectivity index (χ1n) is 7.90. The van der Waals surface area contributed by atoms with Gasteiger partial charge in [-0.15, -0.1) is 0 Å². The molecule has 0 fully saturated rings. The van der Waals surface area contributed by atoms with Gasteiger partial charge in [-0.1, -0.05) is 30.3 Å². The van der Waals surface area contributed by atoms with E-state index in [0.717, 1.165) is 17.0 Å². The highest BCUT2D eigenvalue weighted by atomic mass is 16.5. The van der Waals surface area contributed by atoms with Crippen molar-refractivity contribution in [3.63, 3.8) is 0 Å². The minimum absolute atomic E-state index is 0.102. The second kappa shape index (κ2) is 7.53. The van der Waals surface area contributed by atoms with Gasteiger partial charge in [-0.25, -0.2) is 4.98 Å². The normalized spacial score (nSPS) is 11.7. The Kier molecular flexibility index (Phi) is 4.99. The Morgan fingerprint density at radius 2 is 1.92 bits per heavy atom. The van der Waals surface area contributed by atoms with Crippen LogP contribution < -0.4 is 15.8 Å². The van der Waals surface area contributed by atoms with Crippen molar-refractivity contribution in [2.24, 2.45) is 5.73 Å². The number of aromatic nitrogens is 1. The number of nitrogens with two attached hydrogens (primary N) is 1. The summed E-state index contributed by atoms with van der Waals surface area (Å²) in [6, 6.07) is 17.0. The number of amides is 1. The molecule has 0 unspecified atom stereocenters. The zero-order chi connectivity index (χ0) is 17.6. The van der Waals surface area contributed by atoms with Gasteiger partial charge in [0.2, 0.25) is 5.89 Å². The van der Waals surface area contributed by atoms with Crippen LogP contribution in [0.2, 0.25) is 0 Å². The number of anilines is 1. The Morgan fingerprint density at radius 1 is 1.20 bits per heavy atom. The van der Waals surface area contributed by atoms with E-state index in [0.29, 0.717) is 11.6 Å². The number of primary amides is 1. The summed E-state index contributed by atoms with van der Waals surface area (Å²) in [6.45, 7) is 1.83. The van der Waals surface area contributed by atoms with E-state index in [9.17, 15) is 4.79 Å². The summed E-state index contributed by atoms with van der Waals surface area (Å²) in [5, 5.41) is 3.31. The molecule has 6 heteroatoms. The quantitative estimate of drug-likeness (QED) is 0.690. The monoisotopic (exact) mass is 337 g/mol. The van der Waals surface area contributed by atoms with Crippen molar-refractivity contribution in [2.45, 2.75) is 13.0 Å². The molecule has 1 heterocycles. The van der Waals surface area contributed by atoms with Gasteiger partial charge in [0, 0.05) is 11.3 Å². The van der Waals surface area contributed by atoms with Crippen LogP contribution in [0.5, 0.6) is 5.75 Å². The molecule has 0 saturated heterocycles. The molecule has 3 N–H and O–H groups in total. The van der Waals surface area contributed by atoms with Crippen molar-refractivity contribution < 1.29 is 13.9 Å². The fourth-order valence-corrected chi connectivity index (χ4v) is 2.34. The number of carbonyl (C=O) groups excluding carboxylic acids is 1. The lowest BCUT2D eigenvalue weighted by Gasteiger charge is -2.12. The molecule has 0 aliphatic heterocycles. The predicted molar refractivity (Wildman–Crippen MR) is 95.1 cm³/mol. The second-order valence-corrected chi connectivity index (χ2v) is 5.57. The summed E-state index contributed by atoms with van der Waals surface area (Å²) in [7, 11) is 0. The van der Waals surface area contributed by atoms with Gasteiger partial charge in [-0.2, -0.15) is 0 Å². The molecule has 0 radical (unpaired) electrons. The van der Waals surface area contributed by atoms with Gasteiger partial charge in [0.05, 0.1) is 6.20 Å². The first-order chi connectivity index (χ1) is 12.1. The highest BCUT2D eigenvalue weighted by Gasteiger charge is 2.13. The van der Waals surface area contributed by atoms with Crippen molar-refractivity contribution in [2.75, 3.05) is 11.9 Å². The van der Waals surface area contributed by atoms with E-state index >= 15 is 0 Å². The fourth-order valence-electron chi connectivity index (χ4n) is 2.34.